The third-order valence-corrected chi connectivity index (χ3v) is 2.73. The minimum absolute atomic E-state index is 0.0399. The summed E-state index contributed by atoms with van der Waals surface area (Å²) in [5.74, 6) is -1.08. The highest BCUT2D eigenvalue weighted by molar-refractivity contribution is 5.78. The number of carboxylic acids is 1. The van der Waals surface area contributed by atoms with Crippen LogP contribution >= 0.6 is 0 Å². The zero-order valence-electron chi connectivity index (χ0n) is 11.6. The van der Waals surface area contributed by atoms with E-state index in [1.54, 1.807) is 32.0 Å². The van der Waals surface area contributed by atoms with Gasteiger partial charge in [0.15, 0.2) is 18.1 Å². The van der Waals surface area contributed by atoms with Crippen molar-refractivity contribution in [2.24, 2.45) is 0 Å². The van der Waals surface area contributed by atoms with Crippen LogP contribution < -0.4 is 4.74 Å². The Balaban J connectivity index is 2.58. The molecule has 6 nitrogen and oxygen atoms in total. The second kappa shape index (κ2) is 7.37. The fourth-order valence-corrected chi connectivity index (χ4v) is 1.69. The number of hydrogen-bond acceptors (Lipinski definition) is 4. The molecule has 1 rings (SSSR count). The topological polar surface area (TPSA) is 87.1 Å². The highest BCUT2D eigenvalue weighted by Crippen LogP contribution is 2.24. The van der Waals surface area contributed by atoms with Gasteiger partial charge < -0.3 is 19.8 Å². The second-order valence-corrected chi connectivity index (χ2v) is 4.58. The molecule has 0 atom stereocenters. The first-order valence-electron chi connectivity index (χ1n) is 6.34. The molecule has 6 heteroatoms. The molecule has 0 heterocycles. The summed E-state index contributed by atoms with van der Waals surface area (Å²) in [6.07, 6.45) is -0.111. The highest BCUT2D eigenvalue weighted by Gasteiger charge is 2.18. The summed E-state index contributed by atoms with van der Waals surface area (Å²) < 4.78 is 5.25. The molecule has 20 heavy (non-hydrogen) atoms. The molecule has 1 aromatic carbocycles. The van der Waals surface area contributed by atoms with Crippen LogP contribution in [-0.2, 0) is 9.59 Å². The first kappa shape index (κ1) is 15.8. The van der Waals surface area contributed by atoms with Gasteiger partial charge >= 0.3 is 5.97 Å². The molecule has 0 aliphatic heterocycles. The highest BCUT2D eigenvalue weighted by atomic mass is 16.5. The number of carboxylic acid groups (broad SMARTS) is 1. The molecule has 2 N–H and O–H groups in total. The van der Waals surface area contributed by atoms with E-state index in [0.29, 0.717) is 0 Å². The number of benzene rings is 1. The lowest BCUT2D eigenvalue weighted by molar-refractivity contribution is -0.139. The van der Waals surface area contributed by atoms with Crippen molar-refractivity contribution in [3.8, 4) is 11.5 Å². The molecule has 0 unspecified atom stereocenters. The van der Waals surface area contributed by atoms with E-state index in [9.17, 15) is 14.7 Å². The average molecular weight is 281 g/mol. The first-order valence-corrected chi connectivity index (χ1v) is 6.34. The number of rotatable bonds is 7. The SMILES string of the molecule is CC(C)N(CCC(=O)O)C(=O)COc1ccccc1O. The number of ether oxygens (including phenoxy) is 1. The molecule has 1 aromatic rings. The molecule has 0 aliphatic carbocycles. The summed E-state index contributed by atoms with van der Waals surface area (Å²) in [5.41, 5.74) is 0. The largest absolute Gasteiger partial charge is 0.504 e. The summed E-state index contributed by atoms with van der Waals surface area (Å²) in [4.78, 5) is 24.0. The Morgan fingerprint density at radius 1 is 1.30 bits per heavy atom. The number of carbonyl (C=O) groups is 2. The molecule has 0 radical (unpaired) electrons. The van der Waals surface area contributed by atoms with Gasteiger partial charge in [0.25, 0.3) is 5.91 Å². The maximum Gasteiger partial charge on any atom is 0.305 e. The van der Waals surface area contributed by atoms with Crippen molar-refractivity contribution < 1.29 is 24.5 Å². The van der Waals surface area contributed by atoms with E-state index in [0.717, 1.165) is 0 Å². The molecule has 0 bridgehead atoms. The van der Waals surface area contributed by atoms with Crippen LogP contribution in [0, 0.1) is 0 Å². The van der Waals surface area contributed by atoms with E-state index in [4.69, 9.17) is 9.84 Å². The van der Waals surface area contributed by atoms with E-state index < -0.39 is 5.97 Å². The van der Waals surface area contributed by atoms with Crippen molar-refractivity contribution in [1.29, 1.82) is 0 Å². The van der Waals surface area contributed by atoms with Crippen molar-refractivity contribution in [2.45, 2.75) is 26.3 Å². The predicted octanol–water partition coefficient (Wildman–Crippen LogP) is 1.48. The van der Waals surface area contributed by atoms with Gasteiger partial charge in [-0.15, -0.1) is 0 Å². The Morgan fingerprint density at radius 2 is 1.95 bits per heavy atom. The third-order valence-electron chi connectivity index (χ3n) is 2.73. The Hall–Kier alpha value is -2.24. The van der Waals surface area contributed by atoms with E-state index in [-0.39, 0.29) is 43.0 Å². The predicted molar refractivity (Wildman–Crippen MR) is 72.7 cm³/mol. The second-order valence-electron chi connectivity index (χ2n) is 4.58. The molecule has 0 fully saturated rings. The van der Waals surface area contributed by atoms with Crippen molar-refractivity contribution in [3.05, 3.63) is 24.3 Å². The zero-order valence-corrected chi connectivity index (χ0v) is 11.6. The number of aromatic hydroxyl groups is 1. The molecule has 1 amide bonds. The van der Waals surface area contributed by atoms with E-state index in [2.05, 4.69) is 0 Å². The molecular weight excluding hydrogens is 262 g/mol. The molecule has 0 aromatic heterocycles. The van der Waals surface area contributed by atoms with Gasteiger partial charge in [0.05, 0.1) is 6.42 Å². The maximum atomic E-state index is 12.0. The van der Waals surface area contributed by atoms with Gasteiger partial charge in [-0.2, -0.15) is 0 Å². The molecule has 0 saturated carbocycles. The monoisotopic (exact) mass is 281 g/mol. The van der Waals surface area contributed by atoms with Crippen molar-refractivity contribution in [3.63, 3.8) is 0 Å². The van der Waals surface area contributed by atoms with Crippen LogP contribution in [-0.4, -0.2) is 46.2 Å². The molecule has 110 valence electrons. The Bertz CT molecular complexity index is 472. The lowest BCUT2D eigenvalue weighted by atomic mass is 10.2. The summed E-state index contributed by atoms with van der Waals surface area (Å²) >= 11 is 0. The van der Waals surface area contributed by atoms with E-state index in [1.165, 1.54) is 11.0 Å². The molecular formula is C14H19NO5. The minimum atomic E-state index is -0.954. The maximum absolute atomic E-state index is 12.0. The number of amides is 1. The van der Waals surface area contributed by atoms with Gasteiger partial charge in [-0.3, -0.25) is 9.59 Å². The quantitative estimate of drug-likeness (QED) is 0.790. The van der Waals surface area contributed by atoms with Crippen LogP contribution in [0.15, 0.2) is 24.3 Å². The average Bonchev–Trinajstić information content (AvgIpc) is 2.37. The standard InChI is InChI=1S/C14H19NO5/c1-10(2)15(8-7-14(18)19)13(17)9-20-12-6-4-3-5-11(12)16/h3-6,10,16H,7-9H2,1-2H3,(H,18,19). The number of phenolic OH excluding ortho intramolecular Hbond substituents is 1. The van der Waals surface area contributed by atoms with E-state index >= 15 is 0 Å². The number of aliphatic carboxylic acids is 1. The summed E-state index contributed by atoms with van der Waals surface area (Å²) in [6.45, 7) is 3.50. The number of para-hydroxylation sites is 2. The molecule has 0 aliphatic rings. The lowest BCUT2D eigenvalue weighted by Crippen LogP contribution is -2.41. The Kier molecular flexibility index (Phi) is 5.83. The fourth-order valence-electron chi connectivity index (χ4n) is 1.69. The van der Waals surface area contributed by atoms with Crippen LogP contribution in [0.2, 0.25) is 0 Å². The number of hydrogen-bond donors (Lipinski definition) is 2. The summed E-state index contributed by atoms with van der Waals surface area (Å²) in [5, 5.41) is 18.2. The normalized spacial score (nSPS) is 10.3. The molecule has 0 saturated heterocycles. The van der Waals surface area contributed by atoms with Crippen LogP contribution in [0.1, 0.15) is 20.3 Å². The summed E-state index contributed by atoms with van der Waals surface area (Å²) in [6, 6.07) is 6.24. The van der Waals surface area contributed by atoms with Crippen LogP contribution in [0.4, 0.5) is 0 Å². The van der Waals surface area contributed by atoms with Crippen LogP contribution in [0.25, 0.3) is 0 Å². The third kappa shape index (κ3) is 4.79. The lowest BCUT2D eigenvalue weighted by Gasteiger charge is -2.26. The smallest absolute Gasteiger partial charge is 0.305 e. The molecule has 0 spiro atoms. The summed E-state index contributed by atoms with van der Waals surface area (Å²) in [7, 11) is 0. The minimum Gasteiger partial charge on any atom is -0.504 e. The fraction of sp³-hybridized carbons (Fsp3) is 0.429. The Labute approximate surface area is 117 Å². The zero-order chi connectivity index (χ0) is 15.1. The number of nitrogens with zero attached hydrogens (tertiary/aromatic N) is 1. The number of phenols is 1. The van der Waals surface area contributed by atoms with Crippen LogP contribution in [0.3, 0.4) is 0 Å². The van der Waals surface area contributed by atoms with Gasteiger partial charge in [-0.05, 0) is 26.0 Å². The van der Waals surface area contributed by atoms with Crippen molar-refractivity contribution >= 4 is 11.9 Å². The van der Waals surface area contributed by atoms with Gasteiger partial charge in [-0.25, -0.2) is 0 Å². The Morgan fingerprint density at radius 3 is 2.50 bits per heavy atom. The van der Waals surface area contributed by atoms with Gasteiger partial charge in [0, 0.05) is 12.6 Å². The van der Waals surface area contributed by atoms with Gasteiger partial charge in [0.2, 0.25) is 0 Å². The van der Waals surface area contributed by atoms with Gasteiger partial charge in [-0.1, -0.05) is 12.1 Å². The van der Waals surface area contributed by atoms with E-state index in [1.807, 2.05) is 0 Å². The van der Waals surface area contributed by atoms with Crippen molar-refractivity contribution in [1.82, 2.24) is 4.90 Å². The first-order chi connectivity index (χ1) is 9.41. The van der Waals surface area contributed by atoms with Crippen molar-refractivity contribution in [2.75, 3.05) is 13.2 Å². The van der Waals surface area contributed by atoms with Gasteiger partial charge in [0.1, 0.15) is 0 Å². The van der Waals surface area contributed by atoms with Crippen LogP contribution in [0.5, 0.6) is 11.5 Å². The number of carbonyl (C=O) groups excluding carboxylic acids is 1.